The maximum atomic E-state index is 13.6. The first-order valence-corrected chi connectivity index (χ1v) is 14.2. The Morgan fingerprint density at radius 3 is 2.65 bits per heavy atom. The molecule has 6 nitrogen and oxygen atoms in total. The van der Waals surface area contributed by atoms with E-state index in [2.05, 4.69) is 11.8 Å². The molecule has 5 rings (SSSR count). The average Bonchev–Trinajstić information content (AvgIpc) is 2.84. The van der Waals surface area contributed by atoms with E-state index in [0.29, 0.717) is 47.9 Å². The van der Waals surface area contributed by atoms with Crippen molar-refractivity contribution in [3.05, 3.63) is 60.7 Å². The first kappa shape index (κ1) is 23.5. The Balaban J connectivity index is 1.26. The number of likely N-dealkylation sites (N-methyl/N-ethyl adjacent to an activating group) is 1. The summed E-state index contributed by atoms with van der Waals surface area (Å²) in [7, 11) is -3.69. The highest BCUT2D eigenvalue weighted by Gasteiger charge is 2.30. The molecule has 34 heavy (non-hydrogen) atoms. The molecule has 0 aliphatic carbocycles. The Morgan fingerprint density at radius 1 is 1.00 bits per heavy atom. The van der Waals surface area contributed by atoms with Crippen LogP contribution in [-0.4, -0.2) is 64.6 Å². The molecule has 0 bridgehead atoms. The molecule has 2 heterocycles. The zero-order valence-corrected chi connectivity index (χ0v) is 21.0. The van der Waals surface area contributed by atoms with Gasteiger partial charge >= 0.3 is 0 Å². The molecule has 2 aliphatic heterocycles. The van der Waals surface area contributed by atoms with Crippen molar-refractivity contribution in [3.8, 4) is 5.75 Å². The van der Waals surface area contributed by atoms with Crippen molar-refractivity contribution in [1.82, 2.24) is 4.90 Å². The fourth-order valence-corrected chi connectivity index (χ4v) is 7.01. The largest absolute Gasteiger partial charge is 0.493 e. The molecule has 1 fully saturated rings. The summed E-state index contributed by atoms with van der Waals surface area (Å²) in [5.74, 6) is 1.40. The zero-order valence-electron chi connectivity index (χ0n) is 19.4. The second-order valence-electron chi connectivity index (χ2n) is 8.61. The first-order valence-electron chi connectivity index (χ1n) is 11.8. The van der Waals surface area contributed by atoms with E-state index in [-0.39, 0.29) is 0 Å². The lowest BCUT2D eigenvalue weighted by Gasteiger charge is -2.38. The SMILES string of the molecule is CCN1CC(OCCCOc2ccc3c(c2)N(S(=O)(=O)c2ccc4ccccc4c2)CCS3)C1. The molecule has 0 radical (unpaired) electrons. The molecule has 0 atom stereocenters. The van der Waals surface area contributed by atoms with Gasteiger partial charge in [-0.2, -0.15) is 0 Å². The minimum Gasteiger partial charge on any atom is -0.493 e. The molecule has 8 heteroatoms. The number of rotatable bonds is 9. The standard InChI is InChI=1S/C26H30N2O4S2/c1-2-27-18-23(19-27)32-14-5-13-31-22-9-11-26-25(17-22)28(12-15-33-26)34(29,30)24-10-8-20-6-3-4-7-21(20)16-24/h3-4,6-11,16-17,23H,2,5,12-15,18-19H2,1H3. The van der Waals surface area contributed by atoms with E-state index in [4.69, 9.17) is 9.47 Å². The molecule has 0 unspecified atom stereocenters. The summed E-state index contributed by atoms with van der Waals surface area (Å²) < 4.78 is 40.5. The Hall–Kier alpha value is -2.26. The average molecular weight is 499 g/mol. The third kappa shape index (κ3) is 4.91. The van der Waals surface area contributed by atoms with Gasteiger partial charge in [-0.05, 0) is 41.6 Å². The Bertz CT molecular complexity index is 1260. The molecule has 3 aromatic rings. The van der Waals surface area contributed by atoms with Crippen molar-refractivity contribution in [1.29, 1.82) is 0 Å². The first-order chi connectivity index (χ1) is 16.5. The zero-order chi connectivity index (χ0) is 23.5. The molecule has 0 saturated carbocycles. The number of benzene rings is 3. The van der Waals surface area contributed by atoms with Crippen LogP contribution in [-0.2, 0) is 14.8 Å². The van der Waals surface area contributed by atoms with Gasteiger partial charge < -0.3 is 9.47 Å². The molecule has 0 N–H and O–H groups in total. The van der Waals surface area contributed by atoms with Gasteiger partial charge in [0.1, 0.15) is 5.75 Å². The van der Waals surface area contributed by atoms with Crippen molar-refractivity contribution in [3.63, 3.8) is 0 Å². The van der Waals surface area contributed by atoms with Crippen LogP contribution in [0.5, 0.6) is 5.75 Å². The fourth-order valence-electron chi connectivity index (χ4n) is 4.35. The van der Waals surface area contributed by atoms with Gasteiger partial charge in [0.15, 0.2) is 0 Å². The van der Waals surface area contributed by atoms with Gasteiger partial charge in [0.2, 0.25) is 0 Å². The number of likely N-dealkylation sites (tertiary alicyclic amines) is 1. The van der Waals surface area contributed by atoms with Gasteiger partial charge in [0.05, 0.1) is 29.9 Å². The topological polar surface area (TPSA) is 59.1 Å². The van der Waals surface area contributed by atoms with Crippen molar-refractivity contribution >= 4 is 38.2 Å². The van der Waals surface area contributed by atoms with Gasteiger partial charge in [0, 0.05) is 42.8 Å². The van der Waals surface area contributed by atoms with Crippen LogP contribution >= 0.6 is 11.8 Å². The van der Waals surface area contributed by atoms with Gasteiger partial charge in [-0.1, -0.05) is 37.3 Å². The highest BCUT2D eigenvalue weighted by Crippen LogP contribution is 2.40. The van der Waals surface area contributed by atoms with E-state index in [9.17, 15) is 8.42 Å². The summed E-state index contributed by atoms with van der Waals surface area (Å²) in [6.07, 6.45) is 1.14. The van der Waals surface area contributed by atoms with E-state index in [0.717, 1.165) is 41.7 Å². The number of ether oxygens (including phenoxy) is 2. The molecule has 0 spiro atoms. The summed E-state index contributed by atoms with van der Waals surface area (Å²) in [6, 6.07) is 18.9. The highest BCUT2D eigenvalue weighted by atomic mass is 32.2. The number of hydrogen-bond donors (Lipinski definition) is 0. The second kappa shape index (κ2) is 10.2. The van der Waals surface area contributed by atoms with Crippen molar-refractivity contribution in [2.45, 2.75) is 29.2 Å². The number of thioether (sulfide) groups is 1. The minimum absolute atomic E-state index is 0.310. The Kier molecular flexibility index (Phi) is 7.01. The molecule has 180 valence electrons. The van der Waals surface area contributed by atoms with Crippen LogP contribution in [0.1, 0.15) is 13.3 Å². The van der Waals surface area contributed by atoms with Gasteiger partial charge in [0.25, 0.3) is 10.0 Å². The Labute approximate surface area is 205 Å². The van der Waals surface area contributed by atoms with E-state index < -0.39 is 10.0 Å². The lowest BCUT2D eigenvalue weighted by molar-refractivity contribution is -0.0544. The van der Waals surface area contributed by atoms with Crippen LogP contribution in [0, 0.1) is 0 Å². The predicted octanol–water partition coefficient (Wildman–Crippen LogP) is 4.63. The molecule has 1 saturated heterocycles. The van der Waals surface area contributed by atoms with Crippen LogP contribution in [0.4, 0.5) is 5.69 Å². The number of hydrogen-bond acceptors (Lipinski definition) is 6. The lowest BCUT2D eigenvalue weighted by atomic mass is 10.1. The smallest absolute Gasteiger partial charge is 0.264 e. The molecule has 3 aromatic carbocycles. The number of anilines is 1. The van der Waals surface area contributed by atoms with E-state index >= 15 is 0 Å². The van der Waals surface area contributed by atoms with Crippen LogP contribution < -0.4 is 9.04 Å². The number of sulfonamides is 1. The van der Waals surface area contributed by atoms with Gasteiger partial charge in [-0.15, -0.1) is 11.8 Å². The van der Waals surface area contributed by atoms with Crippen LogP contribution in [0.3, 0.4) is 0 Å². The third-order valence-corrected chi connectivity index (χ3v) is 9.19. The predicted molar refractivity (Wildman–Crippen MR) is 138 cm³/mol. The van der Waals surface area contributed by atoms with Crippen LogP contribution in [0.2, 0.25) is 0 Å². The van der Waals surface area contributed by atoms with Crippen molar-refractivity contribution < 1.29 is 17.9 Å². The van der Waals surface area contributed by atoms with Crippen molar-refractivity contribution in [2.24, 2.45) is 0 Å². The molecule has 2 aliphatic rings. The summed E-state index contributed by atoms with van der Waals surface area (Å²) in [4.78, 5) is 3.62. The Morgan fingerprint density at radius 2 is 1.82 bits per heavy atom. The normalized spacial score (nSPS) is 16.9. The quantitative estimate of drug-likeness (QED) is 0.401. The van der Waals surface area contributed by atoms with Crippen molar-refractivity contribution in [2.75, 3.05) is 49.5 Å². The maximum absolute atomic E-state index is 13.6. The van der Waals surface area contributed by atoms with E-state index in [1.54, 1.807) is 23.9 Å². The lowest BCUT2D eigenvalue weighted by Crippen LogP contribution is -2.51. The number of nitrogens with zero attached hydrogens (tertiary/aromatic N) is 2. The molecule has 0 aromatic heterocycles. The fraction of sp³-hybridized carbons (Fsp3) is 0.385. The summed E-state index contributed by atoms with van der Waals surface area (Å²) in [5, 5.41) is 1.94. The molecular formula is C26H30N2O4S2. The van der Waals surface area contributed by atoms with E-state index in [1.807, 2.05) is 48.5 Å². The maximum Gasteiger partial charge on any atom is 0.264 e. The van der Waals surface area contributed by atoms with Crippen LogP contribution in [0.15, 0.2) is 70.5 Å². The monoisotopic (exact) mass is 498 g/mol. The molecule has 0 amide bonds. The third-order valence-electron chi connectivity index (χ3n) is 6.34. The van der Waals surface area contributed by atoms with Gasteiger partial charge in [-0.25, -0.2) is 8.42 Å². The van der Waals surface area contributed by atoms with Crippen LogP contribution in [0.25, 0.3) is 10.8 Å². The van der Waals surface area contributed by atoms with Gasteiger partial charge in [-0.3, -0.25) is 9.21 Å². The van der Waals surface area contributed by atoms with E-state index in [1.165, 1.54) is 4.31 Å². The molecular weight excluding hydrogens is 468 g/mol. The summed E-state index contributed by atoms with van der Waals surface area (Å²) >= 11 is 1.68. The number of fused-ring (bicyclic) bond motifs is 2. The highest BCUT2D eigenvalue weighted by molar-refractivity contribution is 8.00. The minimum atomic E-state index is -3.69. The second-order valence-corrected chi connectivity index (χ2v) is 11.6. The summed E-state index contributed by atoms with van der Waals surface area (Å²) in [5.41, 5.74) is 0.687. The summed E-state index contributed by atoms with van der Waals surface area (Å²) in [6.45, 7) is 6.91.